The Labute approximate surface area is 131 Å². The molecule has 2 rings (SSSR count). The van der Waals surface area contributed by atoms with Crippen molar-refractivity contribution >= 4 is 11.8 Å². The van der Waals surface area contributed by atoms with E-state index < -0.39 is 0 Å². The molecule has 1 unspecified atom stereocenters. The van der Waals surface area contributed by atoms with Gasteiger partial charge in [0.15, 0.2) is 0 Å². The van der Waals surface area contributed by atoms with E-state index in [-0.39, 0.29) is 0 Å². The van der Waals surface area contributed by atoms with Crippen molar-refractivity contribution in [3.63, 3.8) is 0 Å². The van der Waals surface area contributed by atoms with Crippen LogP contribution in [0.25, 0.3) is 0 Å². The highest BCUT2D eigenvalue weighted by molar-refractivity contribution is 7.99. The van der Waals surface area contributed by atoms with Crippen LogP contribution in [0.1, 0.15) is 89.9 Å². The van der Waals surface area contributed by atoms with Crippen molar-refractivity contribution in [3.8, 4) is 0 Å². The SMILES string of the molecule is C1CCCCCC(NCC2CCCCS2)CCCCC1. The molecule has 0 bridgehead atoms. The van der Waals surface area contributed by atoms with Crippen molar-refractivity contribution in [2.24, 2.45) is 0 Å². The van der Waals surface area contributed by atoms with Gasteiger partial charge in [-0.2, -0.15) is 11.8 Å². The summed E-state index contributed by atoms with van der Waals surface area (Å²) in [7, 11) is 0. The van der Waals surface area contributed by atoms with Gasteiger partial charge in [0.1, 0.15) is 0 Å². The molecule has 1 atom stereocenters. The van der Waals surface area contributed by atoms with E-state index in [2.05, 4.69) is 17.1 Å². The fourth-order valence-corrected chi connectivity index (χ4v) is 4.89. The van der Waals surface area contributed by atoms with Gasteiger partial charge in [-0.05, 0) is 31.4 Å². The zero-order valence-electron chi connectivity index (χ0n) is 13.4. The lowest BCUT2D eigenvalue weighted by atomic mass is 9.98. The smallest absolute Gasteiger partial charge is 0.0172 e. The van der Waals surface area contributed by atoms with E-state index in [1.54, 1.807) is 0 Å². The van der Waals surface area contributed by atoms with Crippen molar-refractivity contribution in [3.05, 3.63) is 0 Å². The number of nitrogens with one attached hydrogen (secondary N) is 1. The van der Waals surface area contributed by atoms with Crippen LogP contribution in [0.4, 0.5) is 0 Å². The summed E-state index contributed by atoms with van der Waals surface area (Å²) >= 11 is 2.21. The molecule has 2 heteroatoms. The highest BCUT2D eigenvalue weighted by atomic mass is 32.2. The van der Waals surface area contributed by atoms with Crippen LogP contribution >= 0.6 is 11.8 Å². The molecule has 20 heavy (non-hydrogen) atoms. The second kappa shape index (κ2) is 11.0. The third-order valence-electron chi connectivity index (χ3n) is 5.01. The van der Waals surface area contributed by atoms with Gasteiger partial charge in [0.2, 0.25) is 0 Å². The van der Waals surface area contributed by atoms with Gasteiger partial charge in [-0.1, -0.05) is 64.2 Å². The van der Waals surface area contributed by atoms with Crippen LogP contribution in [-0.4, -0.2) is 23.6 Å². The largest absolute Gasteiger partial charge is 0.313 e. The van der Waals surface area contributed by atoms with Crippen LogP contribution in [0, 0.1) is 0 Å². The van der Waals surface area contributed by atoms with Crippen LogP contribution in [0.5, 0.6) is 0 Å². The van der Waals surface area contributed by atoms with Gasteiger partial charge < -0.3 is 5.32 Å². The van der Waals surface area contributed by atoms with Crippen LogP contribution < -0.4 is 5.32 Å². The topological polar surface area (TPSA) is 12.0 Å². The number of hydrogen-bond acceptors (Lipinski definition) is 2. The van der Waals surface area contributed by atoms with Crippen molar-refractivity contribution in [1.29, 1.82) is 0 Å². The lowest BCUT2D eigenvalue weighted by Gasteiger charge is -2.25. The van der Waals surface area contributed by atoms with E-state index in [9.17, 15) is 0 Å². The van der Waals surface area contributed by atoms with Crippen molar-refractivity contribution < 1.29 is 0 Å². The van der Waals surface area contributed by atoms with E-state index in [4.69, 9.17) is 0 Å². The standard InChI is InChI=1S/C18H35NS/c1-2-4-6-8-12-17(13-9-7-5-3-1)19-16-18-14-10-11-15-20-18/h17-19H,1-16H2. The van der Waals surface area contributed by atoms with Crippen LogP contribution in [0.2, 0.25) is 0 Å². The fourth-order valence-electron chi connectivity index (χ4n) is 3.63. The Bertz CT molecular complexity index is 213. The first kappa shape index (κ1) is 16.7. The molecule has 1 N–H and O–H groups in total. The summed E-state index contributed by atoms with van der Waals surface area (Å²) < 4.78 is 0. The number of rotatable bonds is 3. The molecule has 0 radical (unpaired) electrons. The minimum Gasteiger partial charge on any atom is -0.313 e. The summed E-state index contributed by atoms with van der Waals surface area (Å²) in [5.74, 6) is 1.40. The van der Waals surface area contributed by atoms with Gasteiger partial charge in [-0.25, -0.2) is 0 Å². The highest BCUT2D eigenvalue weighted by Crippen LogP contribution is 2.25. The van der Waals surface area contributed by atoms with E-state index in [1.807, 2.05) is 0 Å². The van der Waals surface area contributed by atoms with Gasteiger partial charge in [-0.3, -0.25) is 0 Å². The summed E-state index contributed by atoms with van der Waals surface area (Å²) in [6, 6.07) is 0.817. The Balaban J connectivity index is 1.65. The van der Waals surface area contributed by atoms with Gasteiger partial charge in [0.05, 0.1) is 0 Å². The summed E-state index contributed by atoms with van der Waals surface area (Å²) in [5.41, 5.74) is 0. The average molecular weight is 298 g/mol. The lowest BCUT2D eigenvalue weighted by molar-refractivity contribution is 0.401. The van der Waals surface area contributed by atoms with E-state index >= 15 is 0 Å². The quantitative estimate of drug-likeness (QED) is 0.734. The van der Waals surface area contributed by atoms with Crippen molar-refractivity contribution in [2.75, 3.05) is 12.3 Å². The summed E-state index contributed by atoms with van der Waals surface area (Å²) in [6.45, 7) is 1.27. The molecule has 118 valence electrons. The Morgan fingerprint density at radius 2 is 1.20 bits per heavy atom. The van der Waals surface area contributed by atoms with Crippen molar-refractivity contribution in [2.45, 2.75) is 101 Å². The third kappa shape index (κ3) is 7.36. The molecular formula is C18H35NS. The van der Waals surface area contributed by atoms with Crippen LogP contribution in [-0.2, 0) is 0 Å². The minimum absolute atomic E-state index is 0.817. The van der Waals surface area contributed by atoms with Gasteiger partial charge >= 0.3 is 0 Å². The average Bonchev–Trinajstić information content (AvgIpc) is 2.48. The highest BCUT2D eigenvalue weighted by Gasteiger charge is 2.16. The second-order valence-corrected chi connectivity index (χ2v) is 8.26. The number of hydrogen-bond donors (Lipinski definition) is 1. The predicted octanol–water partition coefficient (Wildman–Crippen LogP) is 5.54. The monoisotopic (exact) mass is 297 g/mol. The number of thioether (sulfide) groups is 1. The second-order valence-electron chi connectivity index (χ2n) is 6.85. The first-order valence-corrected chi connectivity index (χ1v) is 10.3. The zero-order chi connectivity index (χ0) is 13.9. The van der Waals surface area contributed by atoms with Crippen molar-refractivity contribution in [1.82, 2.24) is 5.32 Å². The molecule has 1 saturated heterocycles. The van der Waals surface area contributed by atoms with E-state index in [0.29, 0.717) is 0 Å². The Morgan fingerprint density at radius 3 is 1.75 bits per heavy atom. The maximum absolute atomic E-state index is 3.92. The molecule has 1 heterocycles. The first-order chi connectivity index (χ1) is 9.95. The molecule has 2 fully saturated rings. The molecule has 1 aliphatic carbocycles. The summed E-state index contributed by atoms with van der Waals surface area (Å²) in [4.78, 5) is 0. The maximum atomic E-state index is 3.92. The molecule has 1 saturated carbocycles. The fraction of sp³-hybridized carbons (Fsp3) is 1.00. The normalized spacial score (nSPS) is 28.5. The van der Waals surface area contributed by atoms with E-state index in [0.717, 1.165) is 11.3 Å². The zero-order valence-corrected chi connectivity index (χ0v) is 14.2. The van der Waals surface area contributed by atoms with Gasteiger partial charge in [0.25, 0.3) is 0 Å². The molecular weight excluding hydrogens is 262 g/mol. The molecule has 0 aromatic rings. The Kier molecular flexibility index (Phi) is 9.13. The Morgan fingerprint density at radius 1 is 0.650 bits per heavy atom. The maximum Gasteiger partial charge on any atom is 0.0172 e. The van der Waals surface area contributed by atoms with Gasteiger partial charge in [-0.15, -0.1) is 0 Å². The van der Waals surface area contributed by atoms with Crippen LogP contribution in [0.3, 0.4) is 0 Å². The Hall–Kier alpha value is 0.310. The molecule has 0 aromatic heterocycles. The van der Waals surface area contributed by atoms with E-state index in [1.165, 1.54) is 102 Å². The minimum atomic E-state index is 0.817. The third-order valence-corrected chi connectivity index (χ3v) is 6.41. The van der Waals surface area contributed by atoms with Crippen LogP contribution in [0.15, 0.2) is 0 Å². The first-order valence-electron chi connectivity index (χ1n) is 9.30. The predicted molar refractivity (Wildman–Crippen MR) is 92.7 cm³/mol. The molecule has 1 aliphatic heterocycles. The molecule has 0 aromatic carbocycles. The molecule has 0 amide bonds. The molecule has 0 spiro atoms. The summed E-state index contributed by atoms with van der Waals surface area (Å²) in [5, 5.41) is 4.83. The summed E-state index contributed by atoms with van der Waals surface area (Å²) in [6.07, 6.45) is 20.5. The van der Waals surface area contributed by atoms with Gasteiger partial charge in [0, 0.05) is 17.8 Å². The molecule has 2 aliphatic rings. The molecule has 1 nitrogen and oxygen atoms in total. The lowest BCUT2D eigenvalue weighted by Crippen LogP contribution is -2.35.